The molecule has 1 saturated carbocycles. The zero-order valence-corrected chi connectivity index (χ0v) is 11.5. The molecule has 1 fully saturated rings. The highest BCUT2D eigenvalue weighted by atomic mass is 32.2. The van der Waals surface area contributed by atoms with Crippen molar-refractivity contribution in [3.63, 3.8) is 0 Å². The summed E-state index contributed by atoms with van der Waals surface area (Å²) >= 11 is 1.65. The molecule has 1 aliphatic carbocycles. The molecule has 100 valence electrons. The van der Waals surface area contributed by atoms with Crippen molar-refractivity contribution < 1.29 is 0 Å². The molecule has 0 saturated heterocycles. The van der Waals surface area contributed by atoms with Gasteiger partial charge in [0.1, 0.15) is 0 Å². The van der Waals surface area contributed by atoms with Crippen LogP contribution in [-0.2, 0) is 5.75 Å². The first-order valence-corrected chi connectivity index (χ1v) is 7.57. The minimum atomic E-state index is 0.477. The number of rotatable bonds is 4. The fraction of sp³-hybridized carbons (Fsp3) is 0.462. The van der Waals surface area contributed by atoms with E-state index in [2.05, 4.69) is 15.5 Å². The Balaban J connectivity index is 1.70. The van der Waals surface area contributed by atoms with E-state index in [0.29, 0.717) is 6.04 Å². The number of tetrazole rings is 1. The maximum absolute atomic E-state index is 5.95. The van der Waals surface area contributed by atoms with Crippen LogP contribution in [0, 0.1) is 0 Å². The topological polar surface area (TPSA) is 69.6 Å². The molecule has 1 aromatic heterocycles. The molecule has 1 aromatic carbocycles. The van der Waals surface area contributed by atoms with Gasteiger partial charge in [-0.3, -0.25) is 0 Å². The highest BCUT2D eigenvalue weighted by Gasteiger charge is 2.21. The van der Waals surface area contributed by atoms with Gasteiger partial charge in [-0.15, -0.1) is 5.10 Å². The summed E-state index contributed by atoms with van der Waals surface area (Å²) in [4.78, 5) is 0. The Hall–Kier alpha value is -1.56. The largest absolute Gasteiger partial charge is 0.398 e. The number of nitrogen functional groups attached to an aromatic ring is 1. The van der Waals surface area contributed by atoms with Crippen molar-refractivity contribution in [2.24, 2.45) is 0 Å². The molecule has 0 aliphatic heterocycles. The average Bonchev–Trinajstić information content (AvgIpc) is 3.08. The predicted molar refractivity (Wildman–Crippen MR) is 75.7 cm³/mol. The first-order valence-electron chi connectivity index (χ1n) is 6.58. The van der Waals surface area contributed by atoms with Crippen LogP contribution in [0.4, 0.5) is 5.69 Å². The van der Waals surface area contributed by atoms with Gasteiger partial charge in [0, 0.05) is 11.4 Å². The van der Waals surface area contributed by atoms with Gasteiger partial charge < -0.3 is 5.73 Å². The molecule has 19 heavy (non-hydrogen) atoms. The molecule has 0 radical (unpaired) electrons. The number of nitrogens with two attached hydrogens (primary N) is 1. The van der Waals surface area contributed by atoms with Gasteiger partial charge in [-0.2, -0.15) is 0 Å². The zero-order valence-electron chi connectivity index (χ0n) is 10.7. The normalized spacial score (nSPS) is 16.0. The van der Waals surface area contributed by atoms with Crippen LogP contribution in [0.15, 0.2) is 29.4 Å². The van der Waals surface area contributed by atoms with Crippen LogP contribution in [0.3, 0.4) is 0 Å². The SMILES string of the molecule is Nc1ccccc1CSc1nnnn1C1CCCC1. The smallest absolute Gasteiger partial charge is 0.209 e. The summed E-state index contributed by atoms with van der Waals surface area (Å²) in [6.07, 6.45) is 4.93. The van der Waals surface area contributed by atoms with E-state index < -0.39 is 0 Å². The van der Waals surface area contributed by atoms with Crippen molar-refractivity contribution >= 4 is 17.4 Å². The Morgan fingerprint density at radius 1 is 1.26 bits per heavy atom. The van der Waals surface area contributed by atoms with Gasteiger partial charge in [-0.1, -0.05) is 42.8 Å². The van der Waals surface area contributed by atoms with Crippen molar-refractivity contribution in [1.82, 2.24) is 20.2 Å². The molecule has 5 nitrogen and oxygen atoms in total. The van der Waals surface area contributed by atoms with Crippen LogP contribution >= 0.6 is 11.8 Å². The Morgan fingerprint density at radius 2 is 2.05 bits per heavy atom. The molecule has 3 rings (SSSR count). The van der Waals surface area contributed by atoms with Gasteiger partial charge >= 0.3 is 0 Å². The van der Waals surface area contributed by atoms with E-state index in [1.807, 2.05) is 28.9 Å². The fourth-order valence-corrected chi connectivity index (χ4v) is 3.43. The molecule has 1 heterocycles. The summed E-state index contributed by atoms with van der Waals surface area (Å²) in [5, 5.41) is 13.0. The third-order valence-electron chi connectivity index (χ3n) is 3.55. The molecule has 6 heteroatoms. The molecular weight excluding hydrogens is 258 g/mol. The predicted octanol–water partition coefficient (Wildman–Crippen LogP) is 2.66. The van der Waals surface area contributed by atoms with Crippen molar-refractivity contribution in [3.05, 3.63) is 29.8 Å². The summed E-state index contributed by atoms with van der Waals surface area (Å²) in [5.41, 5.74) is 7.91. The lowest BCUT2D eigenvalue weighted by atomic mass is 10.2. The molecule has 0 amide bonds. The second-order valence-corrected chi connectivity index (χ2v) is 5.77. The van der Waals surface area contributed by atoms with Gasteiger partial charge in [-0.25, -0.2) is 4.68 Å². The third kappa shape index (κ3) is 2.73. The summed E-state index contributed by atoms with van der Waals surface area (Å²) in [7, 11) is 0. The number of aromatic nitrogens is 4. The Bertz CT molecular complexity index is 547. The number of hydrogen-bond donors (Lipinski definition) is 1. The number of nitrogens with zero attached hydrogens (tertiary/aromatic N) is 4. The zero-order chi connectivity index (χ0) is 13.1. The summed E-state index contributed by atoms with van der Waals surface area (Å²) in [6.45, 7) is 0. The quantitative estimate of drug-likeness (QED) is 0.686. The lowest BCUT2D eigenvalue weighted by Gasteiger charge is -2.11. The number of anilines is 1. The molecule has 1 aliphatic rings. The number of benzene rings is 1. The molecule has 2 aromatic rings. The lowest BCUT2D eigenvalue weighted by Crippen LogP contribution is -2.08. The van der Waals surface area contributed by atoms with Gasteiger partial charge in [0.25, 0.3) is 0 Å². The minimum Gasteiger partial charge on any atom is -0.398 e. The molecule has 0 unspecified atom stereocenters. The number of thioether (sulfide) groups is 1. The Labute approximate surface area is 116 Å². The van der Waals surface area contributed by atoms with Gasteiger partial charge in [0.15, 0.2) is 0 Å². The number of hydrogen-bond acceptors (Lipinski definition) is 5. The first-order chi connectivity index (χ1) is 9.34. The van der Waals surface area contributed by atoms with Gasteiger partial charge in [0.05, 0.1) is 6.04 Å². The van der Waals surface area contributed by atoms with Crippen molar-refractivity contribution in [1.29, 1.82) is 0 Å². The van der Waals surface area contributed by atoms with Crippen LogP contribution in [0.1, 0.15) is 37.3 Å². The Kier molecular flexibility index (Phi) is 3.68. The van der Waals surface area contributed by atoms with Crippen molar-refractivity contribution in [2.45, 2.75) is 42.6 Å². The van der Waals surface area contributed by atoms with E-state index in [4.69, 9.17) is 5.73 Å². The highest BCUT2D eigenvalue weighted by molar-refractivity contribution is 7.98. The monoisotopic (exact) mass is 275 g/mol. The van der Waals surface area contributed by atoms with E-state index in [9.17, 15) is 0 Å². The molecular formula is C13H17N5S. The lowest BCUT2D eigenvalue weighted by molar-refractivity contribution is 0.423. The summed E-state index contributed by atoms with van der Waals surface area (Å²) < 4.78 is 1.98. The van der Waals surface area contributed by atoms with Crippen LogP contribution in [-0.4, -0.2) is 20.2 Å². The highest BCUT2D eigenvalue weighted by Crippen LogP contribution is 2.32. The van der Waals surface area contributed by atoms with Crippen LogP contribution < -0.4 is 5.73 Å². The van der Waals surface area contributed by atoms with Crippen molar-refractivity contribution in [3.8, 4) is 0 Å². The van der Waals surface area contributed by atoms with E-state index in [0.717, 1.165) is 22.2 Å². The van der Waals surface area contributed by atoms with E-state index in [1.165, 1.54) is 25.7 Å². The minimum absolute atomic E-state index is 0.477. The van der Waals surface area contributed by atoms with Gasteiger partial charge in [0.2, 0.25) is 5.16 Å². The molecule has 2 N–H and O–H groups in total. The fourth-order valence-electron chi connectivity index (χ4n) is 2.47. The first kappa shape index (κ1) is 12.5. The molecule has 0 spiro atoms. The second kappa shape index (κ2) is 5.61. The van der Waals surface area contributed by atoms with Crippen molar-refractivity contribution in [2.75, 3.05) is 5.73 Å². The van der Waals surface area contributed by atoms with Crippen LogP contribution in [0.5, 0.6) is 0 Å². The van der Waals surface area contributed by atoms with E-state index >= 15 is 0 Å². The summed E-state index contributed by atoms with van der Waals surface area (Å²) in [6, 6.07) is 8.41. The maximum atomic E-state index is 5.95. The Morgan fingerprint density at radius 3 is 2.84 bits per heavy atom. The van der Waals surface area contributed by atoms with E-state index in [-0.39, 0.29) is 0 Å². The van der Waals surface area contributed by atoms with E-state index in [1.54, 1.807) is 11.8 Å². The van der Waals surface area contributed by atoms with Crippen LogP contribution in [0.25, 0.3) is 0 Å². The standard InChI is InChI=1S/C13H17N5S/c14-12-8-4-1-5-10(12)9-19-13-15-16-17-18(13)11-6-2-3-7-11/h1,4-5,8,11H,2-3,6-7,9,14H2. The molecule has 0 bridgehead atoms. The molecule has 0 atom stereocenters. The third-order valence-corrected chi connectivity index (χ3v) is 4.53. The maximum Gasteiger partial charge on any atom is 0.209 e. The average molecular weight is 275 g/mol. The van der Waals surface area contributed by atoms with Gasteiger partial charge in [-0.05, 0) is 34.9 Å². The number of para-hydroxylation sites is 1. The van der Waals surface area contributed by atoms with Crippen LogP contribution in [0.2, 0.25) is 0 Å². The second-order valence-electron chi connectivity index (χ2n) is 4.83. The summed E-state index contributed by atoms with van der Waals surface area (Å²) in [5.74, 6) is 0.805.